The van der Waals surface area contributed by atoms with Gasteiger partial charge in [-0.05, 0) is 36.4 Å². The lowest BCUT2D eigenvalue weighted by Gasteiger charge is -2.11. The van der Waals surface area contributed by atoms with Crippen LogP contribution >= 0.6 is 0 Å². The summed E-state index contributed by atoms with van der Waals surface area (Å²) >= 11 is 0. The van der Waals surface area contributed by atoms with E-state index in [0.717, 1.165) is 11.3 Å². The molecule has 0 aliphatic heterocycles. The number of hydrogen-bond acceptors (Lipinski definition) is 4. The molecule has 2 rings (SSSR count). The van der Waals surface area contributed by atoms with Crippen LogP contribution in [-0.4, -0.2) is 40.3 Å². The Labute approximate surface area is 148 Å². The van der Waals surface area contributed by atoms with Crippen molar-refractivity contribution < 1.29 is 14.3 Å². The number of rotatable bonds is 6. The maximum Gasteiger partial charge on any atom is 0.258 e. The van der Waals surface area contributed by atoms with Crippen LogP contribution in [0.15, 0.2) is 48.5 Å². The number of para-hydroxylation sites is 2. The average molecular weight is 338 g/mol. The number of benzene rings is 2. The molecule has 0 aromatic heterocycles. The van der Waals surface area contributed by atoms with Crippen LogP contribution < -0.4 is 19.7 Å². The number of carbonyl (C=O) groups is 1. The molecule has 0 aliphatic rings. The molecule has 0 saturated heterocycles. The van der Waals surface area contributed by atoms with Gasteiger partial charge in [-0.15, -0.1) is 0 Å². The molecule has 0 bridgehead atoms. The van der Waals surface area contributed by atoms with Gasteiger partial charge in [0, 0.05) is 25.3 Å². The number of carbonyl (C=O) groups excluding carboxylic acids is 1. The van der Waals surface area contributed by atoms with E-state index in [1.54, 1.807) is 19.2 Å². The highest BCUT2D eigenvalue weighted by Gasteiger charge is 2.05. The molecule has 0 unspecified atom stereocenters. The Kier molecular flexibility index (Phi) is 6.73. The molecule has 2 aromatic rings. The number of amides is 1. The van der Waals surface area contributed by atoms with Crippen LogP contribution in [0.25, 0.3) is 0 Å². The zero-order chi connectivity index (χ0) is 18.1. The van der Waals surface area contributed by atoms with E-state index in [-0.39, 0.29) is 19.1 Å². The summed E-state index contributed by atoms with van der Waals surface area (Å²) in [5.74, 6) is 6.84. The lowest BCUT2D eigenvalue weighted by Crippen LogP contribution is -2.29. The molecule has 5 nitrogen and oxygen atoms in total. The third-order valence-corrected chi connectivity index (χ3v) is 3.42. The second-order valence-electron chi connectivity index (χ2n) is 5.46. The van der Waals surface area contributed by atoms with E-state index in [1.807, 2.05) is 55.4 Å². The molecular weight excluding hydrogens is 316 g/mol. The fraction of sp³-hybridized carbons (Fsp3) is 0.250. The van der Waals surface area contributed by atoms with Crippen molar-refractivity contribution in [2.45, 2.75) is 0 Å². The summed E-state index contributed by atoms with van der Waals surface area (Å²) in [7, 11) is 5.54. The molecule has 1 N–H and O–H groups in total. The fourth-order valence-electron chi connectivity index (χ4n) is 2.06. The van der Waals surface area contributed by atoms with Gasteiger partial charge in [0.1, 0.15) is 0 Å². The largest absolute Gasteiger partial charge is 0.493 e. The third-order valence-electron chi connectivity index (χ3n) is 3.42. The molecule has 2 aromatic carbocycles. The summed E-state index contributed by atoms with van der Waals surface area (Å²) in [5, 5.41) is 2.70. The minimum atomic E-state index is -0.233. The molecule has 0 heterocycles. The van der Waals surface area contributed by atoms with Crippen molar-refractivity contribution in [3.05, 3.63) is 54.1 Å². The van der Waals surface area contributed by atoms with Gasteiger partial charge >= 0.3 is 0 Å². The Balaban J connectivity index is 1.77. The first kappa shape index (κ1) is 18.2. The van der Waals surface area contributed by atoms with E-state index in [2.05, 4.69) is 17.2 Å². The van der Waals surface area contributed by atoms with Gasteiger partial charge in [-0.1, -0.05) is 24.0 Å². The van der Waals surface area contributed by atoms with Gasteiger partial charge in [0.15, 0.2) is 18.1 Å². The SMILES string of the molecule is COc1ccccc1OCC(=O)NCC#Cc1ccc(N(C)C)cc1. The van der Waals surface area contributed by atoms with Gasteiger partial charge < -0.3 is 19.7 Å². The molecule has 1 amide bonds. The number of nitrogens with zero attached hydrogens (tertiary/aromatic N) is 1. The van der Waals surface area contributed by atoms with E-state index >= 15 is 0 Å². The second-order valence-corrected chi connectivity index (χ2v) is 5.46. The second kappa shape index (κ2) is 9.24. The summed E-state index contributed by atoms with van der Waals surface area (Å²) in [6.07, 6.45) is 0. The number of methoxy groups -OCH3 is 1. The molecule has 0 atom stereocenters. The number of ether oxygens (including phenoxy) is 2. The van der Waals surface area contributed by atoms with Crippen LogP contribution in [-0.2, 0) is 4.79 Å². The molecule has 0 spiro atoms. The quantitative estimate of drug-likeness (QED) is 0.821. The van der Waals surface area contributed by atoms with Crippen molar-refractivity contribution in [1.82, 2.24) is 5.32 Å². The monoisotopic (exact) mass is 338 g/mol. The first-order chi connectivity index (χ1) is 12.1. The van der Waals surface area contributed by atoms with Crippen molar-refractivity contribution >= 4 is 11.6 Å². The van der Waals surface area contributed by atoms with Crippen molar-refractivity contribution in [1.29, 1.82) is 0 Å². The van der Waals surface area contributed by atoms with E-state index in [9.17, 15) is 4.79 Å². The topological polar surface area (TPSA) is 50.8 Å². The highest BCUT2D eigenvalue weighted by Crippen LogP contribution is 2.25. The maximum absolute atomic E-state index is 11.8. The zero-order valence-electron chi connectivity index (χ0n) is 14.7. The van der Waals surface area contributed by atoms with Crippen LogP contribution in [0.4, 0.5) is 5.69 Å². The molecule has 130 valence electrons. The highest BCUT2D eigenvalue weighted by atomic mass is 16.5. The smallest absolute Gasteiger partial charge is 0.258 e. The Morgan fingerprint density at radius 2 is 1.76 bits per heavy atom. The summed E-state index contributed by atoms with van der Waals surface area (Å²) in [5.41, 5.74) is 2.03. The van der Waals surface area contributed by atoms with Crippen molar-refractivity contribution in [2.24, 2.45) is 0 Å². The molecule has 25 heavy (non-hydrogen) atoms. The standard InChI is InChI=1S/C20H22N2O3/c1-22(2)17-12-10-16(11-13-17)7-6-14-21-20(23)15-25-19-9-5-4-8-18(19)24-3/h4-5,8-13H,14-15H2,1-3H3,(H,21,23). The summed E-state index contributed by atoms with van der Waals surface area (Å²) < 4.78 is 10.6. The first-order valence-electron chi connectivity index (χ1n) is 7.89. The summed E-state index contributed by atoms with van der Waals surface area (Å²) in [6.45, 7) is 0.184. The van der Waals surface area contributed by atoms with E-state index in [4.69, 9.17) is 9.47 Å². The Morgan fingerprint density at radius 3 is 2.40 bits per heavy atom. The third kappa shape index (κ3) is 5.78. The van der Waals surface area contributed by atoms with Crippen LogP contribution in [0, 0.1) is 11.8 Å². The minimum Gasteiger partial charge on any atom is -0.493 e. The predicted molar refractivity (Wildman–Crippen MR) is 99.1 cm³/mol. The van der Waals surface area contributed by atoms with Gasteiger partial charge in [0.25, 0.3) is 5.91 Å². The molecule has 0 saturated carbocycles. The Hall–Kier alpha value is -3.13. The van der Waals surface area contributed by atoms with Gasteiger partial charge in [-0.3, -0.25) is 4.79 Å². The lowest BCUT2D eigenvalue weighted by molar-refractivity contribution is -0.122. The van der Waals surface area contributed by atoms with Crippen molar-refractivity contribution in [3.63, 3.8) is 0 Å². The summed E-state index contributed by atoms with van der Waals surface area (Å²) in [4.78, 5) is 13.8. The van der Waals surface area contributed by atoms with Gasteiger partial charge in [0.05, 0.1) is 13.7 Å². The number of nitrogens with one attached hydrogen (secondary N) is 1. The molecular formula is C20H22N2O3. The predicted octanol–water partition coefficient (Wildman–Crippen LogP) is 2.31. The average Bonchev–Trinajstić information content (AvgIpc) is 2.64. The fourth-order valence-corrected chi connectivity index (χ4v) is 2.06. The molecule has 0 radical (unpaired) electrons. The highest BCUT2D eigenvalue weighted by molar-refractivity contribution is 5.77. The Bertz CT molecular complexity index is 759. The van der Waals surface area contributed by atoms with Gasteiger partial charge in [0.2, 0.25) is 0 Å². The molecule has 5 heteroatoms. The van der Waals surface area contributed by atoms with Gasteiger partial charge in [-0.2, -0.15) is 0 Å². The number of hydrogen-bond donors (Lipinski definition) is 1. The van der Waals surface area contributed by atoms with Crippen LogP contribution in [0.5, 0.6) is 11.5 Å². The van der Waals surface area contributed by atoms with Gasteiger partial charge in [-0.25, -0.2) is 0 Å². The van der Waals surface area contributed by atoms with Crippen molar-refractivity contribution in [2.75, 3.05) is 39.3 Å². The van der Waals surface area contributed by atoms with Crippen molar-refractivity contribution in [3.8, 4) is 23.3 Å². The lowest BCUT2D eigenvalue weighted by atomic mass is 10.2. The summed E-state index contributed by atoms with van der Waals surface area (Å²) in [6, 6.07) is 15.1. The van der Waals surface area contributed by atoms with Crippen LogP contribution in [0.1, 0.15) is 5.56 Å². The maximum atomic E-state index is 11.8. The van der Waals surface area contributed by atoms with Crippen LogP contribution in [0.3, 0.4) is 0 Å². The first-order valence-corrected chi connectivity index (χ1v) is 7.89. The van der Waals surface area contributed by atoms with E-state index in [0.29, 0.717) is 11.5 Å². The normalized spacial score (nSPS) is 9.56. The van der Waals surface area contributed by atoms with Crippen LogP contribution in [0.2, 0.25) is 0 Å². The van der Waals surface area contributed by atoms with E-state index < -0.39 is 0 Å². The Morgan fingerprint density at radius 1 is 1.08 bits per heavy atom. The molecule has 0 fully saturated rings. The van der Waals surface area contributed by atoms with E-state index in [1.165, 1.54) is 0 Å². The zero-order valence-corrected chi connectivity index (χ0v) is 14.7. The number of anilines is 1. The molecule has 0 aliphatic carbocycles. The minimum absolute atomic E-state index is 0.0837.